The predicted molar refractivity (Wildman–Crippen MR) is 79.4 cm³/mol. The fraction of sp³-hybridized carbons (Fsp3) is 0.500. The maximum absolute atomic E-state index is 12.7. The van der Waals surface area contributed by atoms with Gasteiger partial charge in [0.05, 0.1) is 7.11 Å². The molecule has 128 valence electrons. The van der Waals surface area contributed by atoms with Crippen molar-refractivity contribution >= 4 is 11.7 Å². The summed E-state index contributed by atoms with van der Waals surface area (Å²) in [5, 5.41) is 0. The molecule has 0 saturated heterocycles. The second kappa shape index (κ2) is 7.02. The summed E-state index contributed by atoms with van der Waals surface area (Å²) in [5.41, 5.74) is -0.543. The molecule has 0 spiro atoms. The maximum atomic E-state index is 12.7. The van der Waals surface area contributed by atoms with E-state index in [1.807, 2.05) is 0 Å². The molecule has 4 nitrogen and oxygen atoms in total. The minimum Gasteiger partial charge on any atom is -0.497 e. The first-order chi connectivity index (χ1) is 10.4. The van der Waals surface area contributed by atoms with E-state index < -0.39 is 29.8 Å². The number of carbonyl (C=O) groups excluding carboxylic acids is 2. The first-order valence-electron chi connectivity index (χ1n) is 6.97. The van der Waals surface area contributed by atoms with E-state index in [4.69, 9.17) is 4.74 Å². The van der Waals surface area contributed by atoms with Crippen LogP contribution in [0.1, 0.15) is 31.1 Å². The number of ether oxygens (including phenoxy) is 1. The van der Waals surface area contributed by atoms with Crippen LogP contribution in [0.5, 0.6) is 5.75 Å². The number of methoxy groups -OCH3 is 1. The third-order valence-corrected chi connectivity index (χ3v) is 2.87. The smallest absolute Gasteiger partial charge is 0.406 e. The van der Waals surface area contributed by atoms with Crippen LogP contribution in [0, 0.1) is 5.41 Å². The number of ketones is 1. The zero-order valence-electron chi connectivity index (χ0n) is 13.5. The standard InChI is InChI=1S/C16H20F3NO3/c1-15(2,3)9-20(10-16(17,18)19)14(22)13(21)11-5-7-12(23-4)8-6-11/h5-8H,9-10H2,1-4H3. The van der Waals surface area contributed by atoms with Gasteiger partial charge in [-0.3, -0.25) is 9.59 Å². The Kier molecular flexibility index (Phi) is 5.80. The van der Waals surface area contributed by atoms with Gasteiger partial charge in [0, 0.05) is 12.1 Å². The summed E-state index contributed by atoms with van der Waals surface area (Å²) in [5.74, 6) is -1.65. The Morgan fingerprint density at radius 3 is 1.96 bits per heavy atom. The lowest BCUT2D eigenvalue weighted by atomic mass is 9.95. The molecule has 1 aromatic carbocycles. The molecule has 0 fully saturated rings. The maximum Gasteiger partial charge on any atom is 0.406 e. The van der Waals surface area contributed by atoms with Crippen LogP contribution in [0.4, 0.5) is 13.2 Å². The van der Waals surface area contributed by atoms with Gasteiger partial charge >= 0.3 is 6.18 Å². The van der Waals surface area contributed by atoms with Crippen LogP contribution in [0.2, 0.25) is 0 Å². The van der Waals surface area contributed by atoms with E-state index in [1.165, 1.54) is 31.4 Å². The van der Waals surface area contributed by atoms with Crippen LogP contribution in [0.15, 0.2) is 24.3 Å². The Labute approximate surface area is 133 Å². The Balaban J connectivity index is 2.99. The van der Waals surface area contributed by atoms with Crippen molar-refractivity contribution in [3.63, 3.8) is 0 Å². The van der Waals surface area contributed by atoms with Crippen molar-refractivity contribution in [1.29, 1.82) is 0 Å². The van der Waals surface area contributed by atoms with E-state index in [-0.39, 0.29) is 12.1 Å². The van der Waals surface area contributed by atoms with Gasteiger partial charge in [-0.15, -0.1) is 0 Å². The normalized spacial score (nSPS) is 12.0. The molecule has 0 aliphatic rings. The van der Waals surface area contributed by atoms with Crippen molar-refractivity contribution in [2.45, 2.75) is 26.9 Å². The van der Waals surface area contributed by atoms with Crippen LogP contribution >= 0.6 is 0 Å². The summed E-state index contributed by atoms with van der Waals surface area (Å²) >= 11 is 0. The zero-order valence-corrected chi connectivity index (χ0v) is 13.5. The van der Waals surface area contributed by atoms with E-state index in [0.29, 0.717) is 10.6 Å². The van der Waals surface area contributed by atoms with Crippen molar-refractivity contribution in [2.24, 2.45) is 5.41 Å². The van der Waals surface area contributed by atoms with Crippen molar-refractivity contribution in [3.05, 3.63) is 29.8 Å². The second-order valence-corrected chi connectivity index (χ2v) is 6.39. The summed E-state index contributed by atoms with van der Waals surface area (Å²) < 4.78 is 43.0. The molecule has 0 heterocycles. The number of alkyl halides is 3. The lowest BCUT2D eigenvalue weighted by Crippen LogP contribution is -2.46. The lowest BCUT2D eigenvalue weighted by molar-refractivity contribution is -0.160. The van der Waals surface area contributed by atoms with E-state index in [2.05, 4.69) is 0 Å². The summed E-state index contributed by atoms with van der Waals surface area (Å²) in [6.07, 6.45) is -4.57. The van der Waals surface area contributed by atoms with Gasteiger partial charge in [0.2, 0.25) is 5.78 Å². The number of amides is 1. The number of nitrogens with zero attached hydrogens (tertiary/aromatic N) is 1. The monoisotopic (exact) mass is 331 g/mol. The molecular weight excluding hydrogens is 311 g/mol. The van der Waals surface area contributed by atoms with Gasteiger partial charge in [0.15, 0.2) is 0 Å². The Bertz CT molecular complexity index is 543. The fourth-order valence-corrected chi connectivity index (χ4v) is 2.00. The minimum atomic E-state index is -4.57. The molecule has 0 atom stereocenters. The topological polar surface area (TPSA) is 46.6 Å². The molecule has 0 N–H and O–H groups in total. The molecule has 23 heavy (non-hydrogen) atoms. The predicted octanol–water partition coefficient (Wildman–Crippen LogP) is 3.31. The molecule has 0 unspecified atom stereocenters. The van der Waals surface area contributed by atoms with Crippen molar-refractivity contribution in [2.75, 3.05) is 20.2 Å². The molecule has 1 rings (SSSR count). The highest BCUT2D eigenvalue weighted by atomic mass is 19.4. The van der Waals surface area contributed by atoms with Crippen LogP contribution < -0.4 is 4.74 Å². The molecule has 0 bridgehead atoms. The third-order valence-electron chi connectivity index (χ3n) is 2.87. The summed E-state index contributed by atoms with van der Waals surface area (Å²) in [7, 11) is 1.44. The molecule has 7 heteroatoms. The van der Waals surface area contributed by atoms with E-state index in [9.17, 15) is 22.8 Å². The summed E-state index contributed by atoms with van der Waals surface area (Å²) in [4.78, 5) is 24.9. The highest BCUT2D eigenvalue weighted by molar-refractivity contribution is 6.42. The molecule has 1 aromatic rings. The average Bonchev–Trinajstić information content (AvgIpc) is 2.42. The number of hydrogen-bond acceptors (Lipinski definition) is 3. The molecule has 0 aliphatic carbocycles. The Morgan fingerprint density at radius 1 is 1.04 bits per heavy atom. The largest absolute Gasteiger partial charge is 0.497 e. The molecule has 0 radical (unpaired) electrons. The number of benzene rings is 1. The fourth-order valence-electron chi connectivity index (χ4n) is 2.00. The van der Waals surface area contributed by atoms with Gasteiger partial charge in [-0.05, 0) is 29.7 Å². The van der Waals surface area contributed by atoms with Gasteiger partial charge in [-0.1, -0.05) is 20.8 Å². The highest BCUT2D eigenvalue weighted by Crippen LogP contribution is 2.22. The van der Waals surface area contributed by atoms with Gasteiger partial charge in [-0.2, -0.15) is 13.2 Å². The van der Waals surface area contributed by atoms with Crippen molar-refractivity contribution in [3.8, 4) is 5.75 Å². The first-order valence-corrected chi connectivity index (χ1v) is 6.97. The van der Waals surface area contributed by atoms with Crippen LogP contribution in [-0.2, 0) is 4.79 Å². The van der Waals surface area contributed by atoms with Crippen LogP contribution in [-0.4, -0.2) is 43.0 Å². The van der Waals surface area contributed by atoms with Gasteiger partial charge in [0.1, 0.15) is 12.3 Å². The second-order valence-electron chi connectivity index (χ2n) is 6.39. The molecule has 0 aromatic heterocycles. The summed E-state index contributed by atoms with van der Waals surface area (Å²) in [6, 6.07) is 5.64. The van der Waals surface area contributed by atoms with E-state index in [0.717, 1.165) is 0 Å². The molecule has 0 saturated carbocycles. The van der Waals surface area contributed by atoms with Crippen molar-refractivity contribution < 1.29 is 27.5 Å². The van der Waals surface area contributed by atoms with Crippen LogP contribution in [0.25, 0.3) is 0 Å². The minimum absolute atomic E-state index is 0.0249. The molecule has 0 aliphatic heterocycles. The van der Waals surface area contributed by atoms with Crippen LogP contribution in [0.3, 0.4) is 0 Å². The third kappa shape index (κ3) is 6.30. The van der Waals surface area contributed by atoms with E-state index >= 15 is 0 Å². The number of rotatable bonds is 5. The Morgan fingerprint density at radius 2 is 1.57 bits per heavy atom. The quantitative estimate of drug-likeness (QED) is 0.614. The summed E-state index contributed by atoms with van der Waals surface area (Å²) in [6.45, 7) is 3.46. The highest BCUT2D eigenvalue weighted by Gasteiger charge is 2.36. The average molecular weight is 331 g/mol. The number of carbonyl (C=O) groups is 2. The molecular formula is C16H20F3NO3. The molecule has 1 amide bonds. The first kappa shape index (κ1) is 19.0. The number of Topliss-reactive ketones (excluding diaryl/α,β-unsaturated/α-hetero) is 1. The number of hydrogen-bond donors (Lipinski definition) is 0. The SMILES string of the molecule is COc1ccc(C(=O)C(=O)N(CC(C)(C)C)CC(F)(F)F)cc1. The zero-order chi connectivity index (χ0) is 17.8. The lowest BCUT2D eigenvalue weighted by Gasteiger charge is -2.30. The van der Waals surface area contributed by atoms with Gasteiger partial charge < -0.3 is 9.64 Å². The van der Waals surface area contributed by atoms with Gasteiger partial charge in [0.25, 0.3) is 5.91 Å². The number of halogens is 3. The van der Waals surface area contributed by atoms with E-state index in [1.54, 1.807) is 20.8 Å². The van der Waals surface area contributed by atoms with Crippen molar-refractivity contribution in [1.82, 2.24) is 4.90 Å². The van der Waals surface area contributed by atoms with Gasteiger partial charge in [-0.25, -0.2) is 0 Å². The Hall–Kier alpha value is -2.05.